The van der Waals surface area contributed by atoms with Crippen molar-refractivity contribution in [1.29, 1.82) is 0 Å². The molecule has 0 spiro atoms. The Morgan fingerprint density at radius 3 is 2.53 bits per heavy atom. The number of hydrogen-bond donors (Lipinski definition) is 0. The van der Waals surface area contributed by atoms with Crippen molar-refractivity contribution in [3.05, 3.63) is 77.1 Å². The first kappa shape index (κ1) is 25.3. The fourth-order valence-electron chi connectivity index (χ4n) is 3.76. The zero-order valence-corrected chi connectivity index (χ0v) is 21.5. The zero-order chi connectivity index (χ0) is 26.0. The number of fused-ring (bicyclic) bond motifs is 1. The van der Waals surface area contributed by atoms with Gasteiger partial charge in [-0.3, -0.25) is 19.0 Å². The van der Waals surface area contributed by atoms with E-state index in [1.165, 1.54) is 41.9 Å². The molecule has 36 heavy (non-hydrogen) atoms. The average molecular weight is 527 g/mol. The number of thiophene rings is 1. The number of hydrogen-bond acceptors (Lipinski definition) is 10. The monoisotopic (exact) mass is 526 g/mol. The third-order valence-corrected chi connectivity index (χ3v) is 7.02. The second-order valence-electron chi connectivity index (χ2n) is 7.70. The van der Waals surface area contributed by atoms with Gasteiger partial charge >= 0.3 is 17.9 Å². The van der Waals surface area contributed by atoms with Gasteiger partial charge in [0.15, 0.2) is 4.80 Å². The Bertz CT molecular complexity index is 1560. The summed E-state index contributed by atoms with van der Waals surface area (Å²) in [7, 11) is 0. The largest absolute Gasteiger partial charge is 0.463 e. The van der Waals surface area contributed by atoms with E-state index in [9.17, 15) is 19.2 Å². The Morgan fingerprint density at radius 1 is 1.14 bits per heavy atom. The van der Waals surface area contributed by atoms with E-state index in [0.29, 0.717) is 26.2 Å². The summed E-state index contributed by atoms with van der Waals surface area (Å²) < 4.78 is 17.5. The van der Waals surface area contributed by atoms with Crippen LogP contribution in [0.4, 0.5) is 0 Å². The Hall–Kier alpha value is -3.83. The second-order valence-corrected chi connectivity index (χ2v) is 9.69. The SMILES string of the molecule is CCOC(=O)C1=C(C)N=c2s/c(=C\c3ccc(OC(C)=O)cc3OC(C)=O)c(=O)n2C1c1cccs1. The molecule has 1 unspecified atom stereocenters. The summed E-state index contributed by atoms with van der Waals surface area (Å²) in [4.78, 5) is 55.2. The van der Waals surface area contributed by atoms with E-state index < -0.39 is 23.9 Å². The standard InChI is InChI=1S/C25H22N2O7S2/c1-5-32-24(31)21-13(2)26-25-27(22(21)19-7-6-10-35-19)23(30)20(36-25)11-16-8-9-17(33-14(3)28)12-18(16)34-15(4)29/h6-12,22H,5H2,1-4H3/b20-11-. The average Bonchev–Trinajstić information content (AvgIpc) is 3.43. The maximum absolute atomic E-state index is 13.6. The van der Waals surface area contributed by atoms with Crippen LogP contribution in [0, 0.1) is 0 Å². The van der Waals surface area contributed by atoms with E-state index >= 15 is 0 Å². The van der Waals surface area contributed by atoms with Crippen LogP contribution in [-0.2, 0) is 19.1 Å². The molecule has 0 aliphatic carbocycles. The zero-order valence-electron chi connectivity index (χ0n) is 19.9. The van der Waals surface area contributed by atoms with E-state index in [1.54, 1.807) is 26.0 Å². The first-order valence-electron chi connectivity index (χ1n) is 10.9. The third-order valence-electron chi connectivity index (χ3n) is 5.12. The number of thiazole rings is 1. The number of benzene rings is 1. The molecule has 0 N–H and O–H groups in total. The number of ether oxygens (including phenoxy) is 3. The van der Waals surface area contributed by atoms with Crippen molar-refractivity contribution in [3.63, 3.8) is 0 Å². The number of carbonyl (C=O) groups excluding carboxylic acids is 3. The second kappa shape index (κ2) is 10.4. The molecule has 186 valence electrons. The lowest BCUT2D eigenvalue weighted by atomic mass is 10.0. The minimum absolute atomic E-state index is 0.130. The van der Waals surface area contributed by atoms with E-state index in [2.05, 4.69) is 4.99 Å². The van der Waals surface area contributed by atoms with Gasteiger partial charge in [-0.1, -0.05) is 17.4 Å². The number of nitrogens with zero attached hydrogens (tertiary/aromatic N) is 2. The number of aromatic nitrogens is 1. The fourth-order valence-corrected chi connectivity index (χ4v) is 5.62. The van der Waals surface area contributed by atoms with Crippen molar-refractivity contribution in [3.8, 4) is 11.5 Å². The molecule has 0 radical (unpaired) electrons. The summed E-state index contributed by atoms with van der Waals surface area (Å²) in [6.07, 6.45) is 1.58. The third kappa shape index (κ3) is 5.07. The van der Waals surface area contributed by atoms with Gasteiger partial charge < -0.3 is 14.2 Å². The molecule has 0 saturated heterocycles. The van der Waals surface area contributed by atoms with Crippen LogP contribution in [0.15, 0.2) is 56.8 Å². The van der Waals surface area contributed by atoms with E-state index in [-0.39, 0.29) is 23.7 Å². The molecule has 1 aromatic carbocycles. The molecule has 2 aromatic heterocycles. The predicted molar refractivity (Wildman–Crippen MR) is 134 cm³/mol. The van der Waals surface area contributed by atoms with Crippen LogP contribution >= 0.6 is 22.7 Å². The Kier molecular flexibility index (Phi) is 7.32. The molecule has 0 bridgehead atoms. The van der Waals surface area contributed by atoms with Crippen molar-refractivity contribution in [2.45, 2.75) is 33.7 Å². The molecule has 1 aliphatic rings. The van der Waals surface area contributed by atoms with Gasteiger partial charge in [-0.05, 0) is 43.5 Å². The number of esters is 3. The Balaban J connectivity index is 1.89. The molecular formula is C25H22N2O7S2. The van der Waals surface area contributed by atoms with E-state index in [0.717, 1.165) is 16.2 Å². The summed E-state index contributed by atoms with van der Waals surface area (Å²) >= 11 is 2.58. The molecule has 11 heteroatoms. The van der Waals surface area contributed by atoms with Crippen LogP contribution in [0.5, 0.6) is 11.5 Å². The van der Waals surface area contributed by atoms with Crippen LogP contribution in [0.2, 0.25) is 0 Å². The fraction of sp³-hybridized carbons (Fsp3) is 0.240. The van der Waals surface area contributed by atoms with Crippen molar-refractivity contribution in [2.75, 3.05) is 6.61 Å². The van der Waals surface area contributed by atoms with Gasteiger partial charge in [0, 0.05) is 30.4 Å². The summed E-state index contributed by atoms with van der Waals surface area (Å²) in [5.41, 5.74) is 0.861. The highest BCUT2D eigenvalue weighted by Crippen LogP contribution is 2.33. The summed E-state index contributed by atoms with van der Waals surface area (Å²) in [5.74, 6) is -1.29. The van der Waals surface area contributed by atoms with Crippen molar-refractivity contribution in [1.82, 2.24) is 4.57 Å². The first-order valence-corrected chi connectivity index (χ1v) is 12.6. The summed E-state index contributed by atoms with van der Waals surface area (Å²) in [6, 6.07) is 7.56. The van der Waals surface area contributed by atoms with Crippen LogP contribution in [-0.4, -0.2) is 29.1 Å². The number of carbonyl (C=O) groups is 3. The molecule has 0 saturated carbocycles. The maximum Gasteiger partial charge on any atom is 0.338 e. The molecule has 4 rings (SSSR count). The minimum Gasteiger partial charge on any atom is -0.463 e. The van der Waals surface area contributed by atoms with Gasteiger partial charge in [-0.25, -0.2) is 9.79 Å². The smallest absolute Gasteiger partial charge is 0.338 e. The van der Waals surface area contributed by atoms with Crippen LogP contribution < -0.4 is 24.4 Å². The van der Waals surface area contributed by atoms with Gasteiger partial charge in [0.2, 0.25) is 0 Å². The number of allylic oxidation sites excluding steroid dienone is 1. The summed E-state index contributed by atoms with van der Waals surface area (Å²) in [6.45, 7) is 6.14. The molecule has 1 aliphatic heterocycles. The molecule has 9 nitrogen and oxygen atoms in total. The minimum atomic E-state index is -0.679. The Labute approximate surface area is 213 Å². The highest BCUT2D eigenvalue weighted by Gasteiger charge is 2.33. The number of rotatable bonds is 6. The quantitative estimate of drug-likeness (QED) is 0.358. The van der Waals surface area contributed by atoms with Crippen molar-refractivity contribution in [2.24, 2.45) is 4.99 Å². The molecule has 3 heterocycles. The lowest BCUT2D eigenvalue weighted by Gasteiger charge is -2.23. The van der Waals surface area contributed by atoms with Gasteiger partial charge in [0.05, 0.1) is 22.4 Å². The normalized spacial score (nSPS) is 15.2. The molecule has 1 atom stereocenters. The van der Waals surface area contributed by atoms with Gasteiger partial charge in [-0.15, -0.1) is 11.3 Å². The first-order chi connectivity index (χ1) is 17.2. The maximum atomic E-state index is 13.6. The highest BCUT2D eigenvalue weighted by atomic mass is 32.1. The molecular weight excluding hydrogens is 504 g/mol. The topological polar surface area (TPSA) is 113 Å². The molecule has 0 amide bonds. The van der Waals surface area contributed by atoms with Crippen LogP contribution in [0.25, 0.3) is 6.08 Å². The highest BCUT2D eigenvalue weighted by molar-refractivity contribution is 7.10. The van der Waals surface area contributed by atoms with Crippen molar-refractivity contribution >= 4 is 46.7 Å². The van der Waals surface area contributed by atoms with E-state index in [4.69, 9.17) is 14.2 Å². The lowest BCUT2D eigenvalue weighted by molar-refractivity contribution is -0.139. The Morgan fingerprint density at radius 2 is 1.89 bits per heavy atom. The van der Waals surface area contributed by atoms with Crippen LogP contribution in [0.1, 0.15) is 44.2 Å². The van der Waals surface area contributed by atoms with Crippen LogP contribution in [0.3, 0.4) is 0 Å². The molecule has 0 fully saturated rings. The van der Waals surface area contributed by atoms with Gasteiger partial charge in [-0.2, -0.15) is 0 Å². The summed E-state index contributed by atoms with van der Waals surface area (Å²) in [5, 5.41) is 1.87. The molecule has 3 aromatic rings. The predicted octanol–water partition coefficient (Wildman–Crippen LogP) is 2.71. The van der Waals surface area contributed by atoms with E-state index in [1.807, 2.05) is 17.5 Å². The van der Waals surface area contributed by atoms with Gasteiger partial charge in [0.1, 0.15) is 17.5 Å². The van der Waals surface area contributed by atoms with Gasteiger partial charge in [0.25, 0.3) is 5.56 Å². The van der Waals surface area contributed by atoms with Crippen molar-refractivity contribution < 1.29 is 28.6 Å². The lowest BCUT2D eigenvalue weighted by Crippen LogP contribution is -2.39.